The van der Waals surface area contributed by atoms with Gasteiger partial charge in [-0.15, -0.1) is 0 Å². The lowest BCUT2D eigenvalue weighted by Crippen LogP contribution is -2.13. The second-order valence-corrected chi connectivity index (χ2v) is 5.27. The molecule has 6 nitrogen and oxygen atoms in total. The van der Waals surface area contributed by atoms with Crippen LogP contribution < -0.4 is 10.1 Å². The molecule has 2 rings (SSSR count). The number of rotatable bonds is 7. The number of hydrogen-bond donors (Lipinski definition) is 1. The Balaban J connectivity index is 1.85. The van der Waals surface area contributed by atoms with Crippen LogP contribution >= 0.6 is 0 Å². The highest BCUT2D eigenvalue weighted by atomic mass is 16.5. The summed E-state index contributed by atoms with van der Waals surface area (Å²) in [6.45, 7) is 0. The number of amides is 1. The number of nitrogens with one attached hydrogen (secondary N) is 1. The molecule has 0 aliphatic heterocycles. The van der Waals surface area contributed by atoms with Crippen molar-refractivity contribution in [1.82, 2.24) is 0 Å². The molecule has 2 aromatic rings. The molecule has 0 saturated heterocycles. The van der Waals surface area contributed by atoms with Crippen molar-refractivity contribution in [3.63, 3.8) is 0 Å². The van der Waals surface area contributed by atoms with Gasteiger partial charge in [0.1, 0.15) is 5.75 Å². The first-order valence-electron chi connectivity index (χ1n) is 7.69. The highest BCUT2D eigenvalue weighted by Gasteiger charge is 2.10. The van der Waals surface area contributed by atoms with E-state index in [0.717, 1.165) is 0 Å². The van der Waals surface area contributed by atoms with Crippen LogP contribution in [0.1, 0.15) is 33.6 Å². The van der Waals surface area contributed by atoms with Gasteiger partial charge < -0.3 is 14.8 Å². The minimum atomic E-state index is -0.442. The first kappa shape index (κ1) is 18.2. The molecule has 2 aromatic carbocycles. The average molecular weight is 341 g/mol. The molecular formula is C19H19NO5. The maximum Gasteiger partial charge on any atom is 0.337 e. The number of ketones is 1. The smallest absolute Gasteiger partial charge is 0.337 e. The molecule has 0 bridgehead atoms. The Hall–Kier alpha value is -3.15. The molecule has 0 heterocycles. The van der Waals surface area contributed by atoms with Crippen molar-refractivity contribution in [1.29, 1.82) is 0 Å². The summed E-state index contributed by atoms with van der Waals surface area (Å²) in [5, 5.41) is 2.69. The molecule has 130 valence electrons. The normalized spacial score (nSPS) is 10.0. The van der Waals surface area contributed by atoms with Crippen LogP contribution in [0.5, 0.6) is 5.75 Å². The summed E-state index contributed by atoms with van der Waals surface area (Å²) in [5.41, 5.74) is 1.49. The number of carbonyl (C=O) groups excluding carboxylic acids is 3. The molecule has 0 unspecified atom stereocenters. The molecule has 1 N–H and O–H groups in total. The molecule has 6 heteroatoms. The van der Waals surface area contributed by atoms with Gasteiger partial charge in [-0.05, 0) is 48.5 Å². The number of carbonyl (C=O) groups is 3. The average Bonchev–Trinajstić information content (AvgIpc) is 2.66. The van der Waals surface area contributed by atoms with Crippen LogP contribution in [0.2, 0.25) is 0 Å². The van der Waals surface area contributed by atoms with Crippen LogP contribution in [0, 0.1) is 0 Å². The summed E-state index contributed by atoms with van der Waals surface area (Å²) in [5.74, 6) is -0.154. The zero-order valence-corrected chi connectivity index (χ0v) is 14.1. The summed E-state index contributed by atoms with van der Waals surface area (Å²) >= 11 is 0. The third-order valence-electron chi connectivity index (χ3n) is 3.58. The van der Waals surface area contributed by atoms with Gasteiger partial charge in [-0.25, -0.2) is 4.79 Å². The Morgan fingerprint density at radius 3 is 2.00 bits per heavy atom. The molecule has 0 radical (unpaired) electrons. The van der Waals surface area contributed by atoms with Crippen molar-refractivity contribution >= 4 is 23.3 Å². The maximum atomic E-state index is 12.1. The monoisotopic (exact) mass is 341 g/mol. The fourth-order valence-corrected chi connectivity index (χ4v) is 2.18. The lowest BCUT2D eigenvalue weighted by atomic mass is 10.1. The number of Topliss-reactive ketones (excluding diaryl/α,β-unsaturated/α-hetero) is 1. The van der Waals surface area contributed by atoms with Crippen molar-refractivity contribution in [2.24, 2.45) is 0 Å². The maximum absolute atomic E-state index is 12.1. The summed E-state index contributed by atoms with van der Waals surface area (Å²) < 4.78 is 9.65. The quantitative estimate of drug-likeness (QED) is 0.618. The highest BCUT2D eigenvalue weighted by Crippen LogP contribution is 2.14. The van der Waals surface area contributed by atoms with E-state index in [1.807, 2.05) is 0 Å². The van der Waals surface area contributed by atoms with Crippen LogP contribution in [0.3, 0.4) is 0 Å². The van der Waals surface area contributed by atoms with Crippen molar-refractivity contribution in [3.8, 4) is 5.75 Å². The standard InChI is InChI=1S/C19H19NO5/c1-24-16-9-5-13(6-10-16)17(21)11-12-18(22)20-15-7-3-14(4-8-15)19(23)25-2/h3-10H,11-12H2,1-2H3,(H,20,22). The Morgan fingerprint density at radius 2 is 1.44 bits per heavy atom. The number of ether oxygens (including phenoxy) is 2. The van der Waals surface area contributed by atoms with Crippen molar-refractivity contribution in [2.45, 2.75) is 12.8 Å². The van der Waals surface area contributed by atoms with Crippen LogP contribution in [0.15, 0.2) is 48.5 Å². The molecule has 1 amide bonds. The fourth-order valence-electron chi connectivity index (χ4n) is 2.18. The van der Waals surface area contributed by atoms with Crippen LogP contribution in [0.4, 0.5) is 5.69 Å². The van der Waals surface area contributed by atoms with Crippen LogP contribution in [-0.2, 0) is 9.53 Å². The summed E-state index contributed by atoms with van der Waals surface area (Å²) in [6.07, 6.45) is 0.183. The molecular weight excluding hydrogens is 322 g/mol. The Labute approximate surface area is 145 Å². The number of benzene rings is 2. The molecule has 0 atom stereocenters. The molecule has 0 fully saturated rings. The van der Waals surface area contributed by atoms with E-state index >= 15 is 0 Å². The molecule has 25 heavy (non-hydrogen) atoms. The molecule has 0 aliphatic rings. The minimum absolute atomic E-state index is 0.0730. The summed E-state index contributed by atoms with van der Waals surface area (Å²) in [7, 11) is 2.86. The van der Waals surface area contributed by atoms with Gasteiger partial charge in [-0.1, -0.05) is 0 Å². The summed E-state index contributed by atoms with van der Waals surface area (Å²) in [6, 6.07) is 13.1. The van der Waals surface area contributed by atoms with Gasteiger partial charge in [-0.3, -0.25) is 9.59 Å². The predicted octanol–water partition coefficient (Wildman–Crippen LogP) is 3.08. The summed E-state index contributed by atoms with van der Waals surface area (Å²) in [4.78, 5) is 35.4. The SMILES string of the molecule is COC(=O)c1ccc(NC(=O)CCC(=O)c2ccc(OC)cc2)cc1. The van der Waals surface area contributed by atoms with Gasteiger partial charge in [0.05, 0.1) is 19.8 Å². The number of methoxy groups -OCH3 is 2. The molecule has 0 spiro atoms. The van der Waals surface area contributed by atoms with E-state index < -0.39 is 5.97 Å². The van der Waals surface area contributed by atoms with E-state index in [1.165, 1.54) is 7.11 Å². The van der Waals surface area contributed by atoms with E-state index in [4.69, 9.17) is 4.74 Å². The third kappa shape index (κ3) is 5.17. The number of hydrogen-bond acceptors (Lipinski definition) is 5. The van der Waals surface area contributed by atoms with Crippen molar-refractivity contribution in [3.05, 3.63) is 59.7 Å². The van der Waals surface area contributed by atoms with Crippen molar-refractivity contribution < 1.29 is 23.9 Å². The zero-order chi connectivity index (χ0) is 18.2. The Morgan fingerprint density at radius 1 is 0.840 bits per heavy atom. The number of esters is 1. The lowest BCUT2D eigenvalue weighted by molar-refractivity contribution is -0.116. The molecule has 0 saturated carbocycles. The van der Waals surface area contributed by atoms with Crippen LogP contribution in [-0.4, -0.2) is 31.9 Å². The van der Waals surface area contributed by atoms with Crippen LogP contribution in [0.25, 0.3) is 0 Å². The van der Waals surface area contributed by atoms with Gasteiger partial charge in [0.15, 0.2) is 5.78 Å². The van der Waals surface area contributed by atoms with Crippen molar-refractivity contribution in [2.75, 3.05) is 19.5 Å². The van der Waals surface area contributed by atoms with E-state index in [1.54, 1.807) is 55.6 Å². The minimum Gasteiger partial charge on any atom is -0.497 e. The Kier molecular flexibility index (Phi) is 6.28. The van der Waals surface area contributed by atoms with Gasteiger partial charge in [-0.2, -0.15) is 0 Å². The second-order valence-electron chi connectivity index (χ2n) is 5.27. The topological polar surface area (TPSA) is 81.7 Å². The predicted molar refractivity (Wildman–Crippen MR) is 93.0 cm³/mol. The van der Waals surface area contributed by atoms with E-state index in [-0.39, 0.29) is 24.5 Å². The van der Waals surface area contributed by atoms with Gasteiger partial charge >= 0.3 is 5.97 Å². The van der Waals surface area contributed by atoms with E-state index in [2.05, 4.69) is 10.1 Å². The largest absolute Gasteiger partial charge is 0.497 e. The molecule has 0 aromatic heterocycles. The van der Waals surface area contributed by atoms with Gasteiger partial charge in [0.2, 0.25) is 5.91 Å². The third-order valence-corrected chi connectivity index (χ3v) is 3.58. The lowest BCUT2D eigenvalue weighted by Gasteiger charge is -2.06. The van der Waals surface area contributed by atoms with Gasteiger partial charge in [0, 0.05) is 24.1 Å². The van der Waals surface area contributed by atoms with E-state index in [9.17, 15) is 14.4 Å². The zero-order valence-electron chi connectivity index (χ0n) is 14.1. The fraction of sp³-hybridized carbons (Fsp3) is 0.211. The Bertz CT molecular complexity index is 750. The first-order valence-corrected chi connectivity index (χ1v) is 7.69. The molecule has 0 aliphatic carbocycles. The van der Waals surface area contributed by atoms with E-state index in [0.29, 0.717) is 22.6 Å². The van der Waals surface area contributed by atoms with Gasteiger partial charge in [0.25, 0.3) is 0 Å². The number of anilines is 1. The second kappa shape index (κ2) is 8.63. The highest BCUT2D eigenvalue weighted by molar-refractivity contribution is 6.00. The first-order chi connectivity index (χ1) is 12.0.